The molecule has 0 aliphatic rings. The van der Waals surface area contributed by atoms with Gasteiger partial charge in [-0.3, -0.25) is 0 Å². The third kappa shape index (κ3) is 3.03. The number of carbonyl (C=O) groups is 1. The van der Waals surface area contributed by atoms with E-state index in [1.165, 1.54) is 11.1 Å². The summed E-state index contributed by atoms with van der Waals surface area (Å²) in [6.07, 6.45) is 1.56. The summed E-state index contributed by atoms with van der Waals surface area (Å²) in [5, 5.41) is 9.35. The molecule has 100 valence electrons. The molecule has 0 spiro atoms. The van der Waals surface area contributed by atoms with Gasteiger partial charge in [0.25, 0.3) is 0 Å². The molecule has 0 heterocycles. The van der Waals surface area contributed by atoms with Crippen LogP contribution in [0.4, 0.5) is 5.69 Å². The average molecular weight is 249 g/mol. The van der Waals surface area contributed by atoms with Gasteiger partial charge in [-0.05, 0) is 43.9 Å². The number of anilines is 1. The lowest BCUT2D eigenvalue weighted by molar-refractivity contribution is -0.138. The zero-order chi connectivity index (χ0) is 13.7. The van der Waals surface area contributed by atoms with Crippen molar-refractivity contribution in [2.45, 2.75) is 46.6 Å². The normalized spacial score (nSPS) is 12.2. The summed E-state index contributed by atoms with van der Waals surface area (Å²) in [6.45, 7) is 8.89. The second kappa shape index (κ2) is 6.43. The van der Waals surface area contributed by atoms with Crippen molar-refractivity contribution >= 4 is 11.7 Å². The van der Waals surface area contributed by atoms with Crippen LogP contribution < -0.4 is 4.90 Å². The number of aryl methyl sites for hydroxylation is 1. The second-order valence-corrected chi connectivity index (χ2v) is 4.67. The molecule has 0 radical (unpaired) electrons. The molecule has 3 heteroatoms. The molecular weight excluding hydrogens is 226 g/mol. The molecule has 3 nitrogen and oxygen atoms in total. The van der Waals surface area contributed by atoms with Crippen LogP contribution in [-0.4, -0.2) is 23.7 Å². The van der Waals surface area contributed by atoms with E-state index in [-0.39, 0.29) is 0 Å². The van der Waals surface area contributed by atoms with Crippen LogP contribution in [0.15, 0.2) is 18.2 Å². The van der Waals surface area contributed by atoms with Crippen LogP contribution in [0.5, 0.6) is 0 Å². The molecular formula is C15H23NO2. The zero-order valence-electron chi connectivity index (χ0n) is 11.7. The number of carboxylic acid groups (broad SMARTS) is 1. The van der Waals surface area contributed by atoms with Gasteiger partial charge in [-0.1, -0.05) is 26.0 Å². The third-order valence-corrected chi connectivity index (χ3v) is 3.40. The van der Waals surface area contributed by atoms with E-state index in [1.807, 2.05) is 24.0 Å². The van der Waals surface area contributed by atoms with Crippen molar-refractivity contribution in [2.24, 2.45) is 0 Å². The second-order valence-electron chi connectivity index (χ2n) is 4.67. The van der Waals surface area contributed by atoms with E-state index in [1.54, 1.807) is 0 Å². The highest BCUT2D eigenvalue weighted by Gasteiger charge is 2.24. The van der Waals surface area contributed by atoms with Crippen molar-refractivity contribution in [3.05, 3.63) is 29.3 Å². The number of hydrogen-bond donors (Lipinski definition) is 1. The summed E-state index contributed by atoms with van der Waals surface area (Å²) in [6, 6.07) is 5.63. The van der Waals surface area contributed by atoms with E-state index in [2.05, 4.69) is 26.8 Å². The summed E-state index contributed by atoms with van der Waals surface area (Å²) in [7, 11) is 0. The van der Waals surface area contributed by atoms with Crippen molar-refractivity contribution in [3.63, 3.8) is 0 Å². The summed E-state index contributed by atoms with van der Waals surface area (Å²) < 4.78 is 0. The molecule has 0 amide bonds. The number of benzene rings is 1. The Bertz CT molecular complexity index is 415. The molecule has 0 aliphatic carbocycles. The maximum Gasteiger partial charge on any atom is 0.326 e. The topological polar surface area (TPSA) is 40.5 Å². The van der Waals surface area contributed by atoms with Gasteiger partial charge < -0.3 is 10.0 Å². The molecule has 18 heavy (non-hydrogen) atoms. The van der Waals surface area contributed by atoms with Gasteiger partial charge in [0, 0.05) is 12.2 Å². The van der Waals surface area contributed by atoms with Crippen LogP contribution in [0.3, 0.4) is 0 Å². The number of aliphatic carboxylic acids is 1. The Kier molecular flexibility index (Phi) is 5.20. The molecule has 0 unspecified atom stereocenters. The Morgan fingerprint density at radius 2 is 2.00 bits per heavy atom. The van der Waals surface area contributed by atoms with E-state index >= 15 is 0 Å². The lowest BCUT2D eigenvalue weighted by atomic mass is 10.0. The Hall–Kier alpha value is -1.51. The van der Waals surface area contributed by atoms with Crippen molar-refractivity contribution in [1.82, 2.24) is 0 Å². The molecule has 0 saturated carbocycles. The minimum absolute atomic E-state index is 0.439. The SMILES string of the molecule is CCCN(c1cccc(C)c1C)[C@H](CC)C(=O)O. The van der Waals surface area contributed by atoms with Gasteiger partial charge in [0.15, 0.2) is 0 Å². The van der Waals surface area contributed by atoms with E-state index in [9.17, 15) is 9.90 Å². The summed E-state index contributed by atoms with van der Waals surface area (Å²) in [5.41, 5.74) is 3.42. The highest BCUT2D eigenvalue weighted by molar-refractivity contribution is 5.78. The number of rotatable bonds is 6. The lowest BCUT2D eigenvalue weighted by Gasteiger charge is -2.31. The van der Waals surface area contributed by atoms with Crippen molar-refractivity contribution in [1.29, 1.82) is 0 Å². The highest BCUT2D eigenvalue weighted by Crippen LogP contribution is 2.25. The first kappa shape index (κ1) is 14.6. The summed E-state index contributed by atoms with van der Waals surface area (Å²) in [5.74, 6) is -0.744. The Labute approximate surface area is 109 Å². The smallest absolute Gasteiger partial charge is 0.326 e. The molecule has 0 saturated heterocycles. The quantitative estimate of drug-likeness (QED) is 0.840. The van der Waals surface area contributed by atoms with Crippen LogP contribution in [-0.2, 0) is 4.79 Å². The number of hydrogen-bond acceptors (Lipinski definition) is 2. The first-order chi connectivity index (χ1) is 8.52. The Balaban J connectivity index is 3.18. The van der Waals surface area contributed by atoms with Gasteiger partial charge in [0.1, 0.15) is 6.04 Å². The zero-order valence-corrected chi connectivity index (χ0v) is 11.7. The third-order valence-electron chi connectivity index (χ3n) is 3.40. The van der Waals surface area contributed by atoms with Crippen LogP contribution >= 0.6 is 0 Å². The predicted molar refractivity (Wildman–Crippen MR) is 75.3 cm³/mol. The molecule has 1 atom stereocenters. The molecule has 1 N–H and O–H groups in total. The van der Waals surface area contributed by atoms with Crippen molar-refractivity contribution in [2.75, 3.05) is 11.4 Å². The standard InChI is InChI=1S/C15H23NO2/c1-5-10-16(13(6-2)15(17)18)14-9-7-8-11(3)12(14)4/h7-9,13H,5-6,10H2,1-4H3,(H,17,18)/t13-/m1/s1. The maximum atomic E-state index is 11.4. The number of nitrogens with zero attached hydrogens (tertiary/aromatic N) is 1. The van der Waals surface area contributed by atoms with Gasteiger partial charge in [-0.2, -0.15) is 0 Å². The van der Waals surface area contributed by atoms with Gasteiger partial charge in [0.2, 0.25) is 0 Å². The monoisotopic (exact) mass is 249 g/mol. The lowest BCUT2D eigenvalue weighted by Crippen LogP contribution is -2.41. The molecule has 1 rings (SSSR count). The first-order valence-corrected chi connectivity index (χ1v) is 6.58. The average Bonchev–Trinajstić information content (AvgIpc) is 2.32. The Morgan fingerprint density at radius 3 is 2.50 bits per heavy atom. The summed E-state index contributed by atoms with van der Waals surface area (Å²) >= 11 is 0. The highest BCUT2D eigenvalue weighted by atomic mass is 16.4. The van der Waals surface area contributed by atoms with Crippen molar-refractivity contribution < 1.29 is 9.90 Å². The van der Waals surface area contributed by atoms with Crippen LogP contribution in [0.2, 0.25) is 0 Å². The minimum atomic E-state index is -0.744. The molecule has 0 fully saturated rings. The van der Waals surface area contributed by atoms with Crippen molar-refractivity contribution in [3.8, 4) is 0 Å². The van der Waals surface area contributed by atoms with Crippen LogP contribution in [0.25, 0.3) is 0 Å². The predicted octanol–water partition coefficient (Wildman–Crippen LogP) is 3.38. The fourth-order valence-electron chi connectivity index (χ4n) is 2.26. The van der Waals surface area contributed by atoms with Gasteiger partial charge >= 0.3 is 5.97 Å². The first-order valence-electron chi connectivity index (χ1n) is 6.58. The molecule has 1 aromatic carbocycles. The molecule has 0 bridgehead atoms. The van der Waals surface area contributed by atoms with E-state index in [0.29, 0.717) is 6.42 Å². The minimum Gasteiger partial charge on any atom is -0.480 e. The van der Waals surface area contributed by atoms with Crippen LogP contribution in [0.1, 0.15) is 37.8 Å². The fourth-order valence-corrected chi connectivity index (χ4v) is 2.26. The maximum absolute atomic E-state index is 11.4. The number of carboxylic acids is 1. The fraction of sp³-hybridized carbons (Fsp3) is 0.533. The van der Waals surface area contributed by atoms with Gasteiger partial charge in [-0.25, -0.2) is 4.79 Å². The van der Waals surface area contributed by atoms with E-state index in [4.69, 9.17) is 0 Å². The summed E-state index contributed by atoms with van der Waals surface area (Å²) in [4.78, 5) is 13.4. The molecule has 0 aromatic heterocycles. The molecule has 0 aliphatic heterocycles. The Morgan fingerprint density at radius 1 is 1.33 bits per heavy atom. The molecule has 1 aromatic rings. The van der Waals surface area contributed by atoms with Gasteiger partial charge in [-0.15, -0.1) is 0 Å². The largest absolute Gasteiger partial charge is 0.480 e. The van der Waals surface area contributed by atoms with Gasteiger partial charge in [0.05, 0.1) is 0 Å². The van der Waals surface area contributed by atoms with E-state index in [0.717, 1.165) is 18.7 Å². The van der Waals surface area contributed by atoms with E-state index < -0.39 is 12.0 Å². The van der Waals surface area contributed by atoms with Crippen LogP contribution in [0, 0.1) is 13.8 Å².